The van der Waals surface area contributed by atoms with E-state index in [1.165, 1.54) is 4.31 Å². The first-order chi connectivity index (χ1) is 8.94. The molecule has 0 bridgehead atoms. The number of hydrogen-bond donors (Lipinski definition) is 1. The van der Waals surface area contributed by atoms with Crippen molar-refractivity contribution in [2.75, 3.05) is 13.6 Å². The average Bonchev–Trinajstić information content (AvgIpc) is 2.96. The molecule has 6 nitrogen and oxygen atoms in total. The molecule has 1 aliphatic rings. The number of rotatable bonds is 5. The Bertz CT molecular complexity index is 526. The van der Waals surface area contributed by atoms with Crippen LogP contribution >= 0.6 is 0 Å². The first kappa shape index (κ1) is 14.5. The summed E-state index contributed by atoms with van der Waals surface area (Å²) in [5, 5.41) is 3.74. The van der Waals surface area contributed by atoms with Gasteiger partial charge in [0.25, 0.3) is 0 Å². The zero-order valence-corrected chi connectivity index (χ0v) is 12.2. The van der Waals surface area contributed by atoms with Crippen LogP contribution in [0.15, 0.2) is 10.6 Å². The third kappa shape index (κ3) is 3.16. The van der Waals surface area contributed by atoms with Crippen molar-refractivity contribution < 1.29 is 12.9 Å². The van der Waals surface area contributed by atoms with Crippen LogP contribution in [0.5, 0.6) is 0 Å². The van der Waals surface area contributed by atoms with Gasteiger partial charge in [0.2, 0.25) is 10.0 Å². The van der Waals surface area contributed by atoms with Gasteiger partial charge in [0.1, 0.15) is 17.2 Å². The highest BCUT2D eigenvalue weighted by Crippen LogP contribution is 2.30. The molecule has 0 spiro atoms. The van der Waals surface area contributed by atoms with E-state index in [-0.39, 0.29) is 17.7 Å². The zero-order chi connectivity index (χ0) is 14.0. The molecule has 19 heavy (non-hydrogen) atoms. The third-order valence-corrected chi connectivity index (χ3v) is 5.64. The van der Waals surface area contributed by atoms with Crippen molar-refractivity contribution in [2.45, 2.75) is 38.0 Å². The highest BCUT2D eigenvalue weighted by atomic mass is 32.2. The van der Waals surface area contributed by atoms with Gasteiger partial charge in [-0.05, 0) is 32.2 Å². The summed E-state index contributed by atoms with van der Waals surface area (Å²) < 4.78 is 31.1. The van der Waals surface area contributed by atoms with E-state index in [1.54, 1.807) is 20.0 Å². The minimum absolute atomic E-state index is 0.0167. The van der Waals surface area contributed by atoms with Crippen molar-refractivity contribution in [2.24, 2.45) is 11.7 Å². The van der Waals surface area contributed by atoms with Crippen LogP contribution < -0.4 is 5.73 Å². The van der Waals surface area contributed by atoms with Crippen LogP contribution in [-0.2, 0) is 15.8 Å². The molecule has 1 fully saturated rings. The molecule has 7 heteroatoms. The maximum atomic E-state index is 12.4. The summed E-state index contributed by atoms with van der Waals surface area (Å²) in [6, 6.07) is 1.67. The summed E-state index contributed by atoms with van der Waals surface area (Å²) in [7, 11) is -1.73. The molecule has 0 amide bonds. The first-order valence-corrected chi connectivity index (χ1v) is 8.13. The van der Waals surface area contributed by atoms with E-state index in [1.807, 2.05) is 0 Å². The van der Waals surface area contributed by atoms with Gasteiger partial charge in [-0.1, -0.05) is 11.6 Å². The zero-order valence-electron chi connectivity index (χ0n) is 11.4. The van der Waals surface area contributed by atoms with Crippen LogP contribution in [0.3, 0.4) is 0 Å². The van der Waals surface area contributed by atoms with Crippen LogP contribution in [0, 0.1) is 12.8 Å². The Morgan fingerprint density at radius 1 is 1.53 bits per heavy atom. The van der Waals surface area contributed by atoms with E-state index in [2.05, 4.69) is 5.16 Å². The fourth-order valence-corrected chi connectivity index (χ4v) is 4.16. The molecule has 1 aliphatic carbocycles. The molecule has 1 aromatic heterocycles. The Morgan fingerprint density at radius 3 is 2.84 bits per heavy atom. The molecule has 2 atom stereocenters. The molecular weight excluding hydrogens is 266 g/mol. The van der Waals surface area contributed by atoms with Gasteiger partial charge in [0, 0.05) is 19.2 Å². The van der Waals surface area contributed by atoms with E-state index in [4.69, 9.17) is 10.3 Å². The molecule has 1 heterocycles. The average molecular weight is 287 g/mol. The fourth-order valence-electron chi connectivity index (χ4n) is 2.75. The van der Waals surface area contributed by atoms with Crippen LogP contribution in [0.4, 0.5) is 0 Å². The number of sulfonamides is 1. The molecule has 2 unspecified atom stereocenters. The van der Waals surface area contributed by atoms with Crippen LogP contribution in [0.2, 0.25) is 0 Å². The summed E-state index contributed by atoms with van der Waals surface area (Å²) >= 11 is 0. The van der Waals surface area contributed by atoms with Crippen LogP contribution in [0.25, 0.3) is 0 Å². The lowest BCUT2D eigenvalue weighted by atomic mass is 10.0. The Balaban J connectivity index is 2.10. The Morgan fingerprint density at radius 2 is 2.26 bits per heavy atom. The molecule has 0 aromatic carbocycles. The Labute approximate surface area is 114 Å². The largest absolute Gasteiger partial charge is 0.361 e. The summed E-state index contributed by atoms with van der Waals surface area (Å²) in [5.41, 5.74) is 6.16. The molecule has 0 radical (unpaired) electrons. The SMILES string of the molecule is Cc1cc(CS(=O)(=O)N(C)C2CCCC2CN)no1. The topological polar surface area (TPSA) is 89.4 Å². The van der Waals surface area contributed by atoms with Crippen molar-refractivity contribution in [1.29, 1.82) is 0 Å². The van der Waals surface area contributed by atoms with Crippen molar-refractivity contribution >= 4 is 10.0 Å². The lowest BCUT2D eigenvalue weighted by Crippen LogP contribution is -2.42. The fraction of sp³-hybridized carbons (Fsp3) is 0.750. The standard InChI is InChI=1S/C12H21N3O3S/c1-9-6-11(14-18-9)8-19(16,17)15(2)12-5-3-4-10(12)7-13/h6,10,12H,3-5,7-8,13H2,1-2H3. The van der Waals surface area contributed by atoms with Gasteiger partial charge in [-0.2, -0.15) is 0 Å². The Kier molecular flexibility index (Phi) is 4.27. The van der Waals surface area contributed by atoms with Crippen LogP contribution in [0.1, 0.15) is 30.7 Å². The molecule has 2 N–H and O–H groups in total. The normalized spacial score (nSPS) is 24.2. The molecule has 1 saturated carbocycles. The van der Waals surface area contributed by atoms with Gasteiger partial charge in [0.05, 0.1) is 0 Å². The van der Waals surface area contributed by atoms with Gasteiger partial charge < -0.3 is 10.3 Å². The number of aryl methyl sites for hydroxylation is 1. The summed E-state index contributed by atoms with van der Waals surface area (Å²) in [4.78, 5) is 0. The number of hydrogen-bond acceptors (Lipinski definition) is 5. The molecule has 1 aromatic rings. The summed E-state index contributed by atoms with van der Waals surface area (Å²) in [6.07, 6.45) is 2.93. The third-order valence-electron chi connectivity index (χ3n) is 3.83. The van der Waals surface area contributed by atoms with Gasteiger partial charge in [-0.3, -0.25) is 0 Å². The lowest BCUT2D eigenvalue weighted by molar-refractivity contribution is 0.303. The summed E-state index contributed by atoms with van der Waals surface area (Å²) in [6.45, 7) is 2.28. The highest BCUT2D eigenvalue weighted by Gasteiger charge is 2.35. The smallest absolute Gasteiger partial charge is 0.219 e. The molecule has 2 rings (SSSR count). The van der Waals surface area contributed by atoms with Crippen molar-refractivity contribution in [3.63, 3.8) is 0 Å². The quantitative estimate of drug-likeness (QED) is 0.868. The summed E-state index contributed by atoms with van der Waals surface area (Å²) in [5.74, 6) is 0.765. The van der Waals surface area contributed by atoms with Crippen molar-refractivity contribution in [3.05, 3.63) is 17.5 Å². The van der Waals surface area contributed by atoms with Crippen molar-refractivity contribution in [1.82, 2.24) is 9.46 Å². The lowest BCUT2D eigenvalue weighted by Gasteiger charge is -2.28. The van der Waals surface area contributed by atoms with Gasteiger partial charge in [0.15, 0.2) is 0 Å². The molecule has 108 valence electrons. The van der Waals surface area contributed by atoms with E-state index >= 15 is 0 Å². The van der Waals surface area contributed by atoms with Gasteiger partial charge >= 0.3 is 0 Å². The first-order valence-electron chi connectivity index (χ1n) is 6.52. The number of nitrogens with zero attached hydrogens (tertiary/aromatic N) is 2. The predicted molar refractivity (Wildman–Crippen MR) is 71.8 cm³/mol. The monoisotopic (exact) mass is 287 g/mol. The van der Waals surface area contributed by atoms with Crippen LogP contribution in [-0.4, -0.2) is 37.5 Å². The van der Waals surface area contributed by atoms with Gasteiger partial charge in [-0.15, -0.1) is 0 Å². The molecule has 0 saturated heterocycles. The predicted octanol–water partition coefficient (Wildman–Crippen LogP) is 0.872. The highest BCUT2D eigenvalue weighted by molar-refractivity contribution is 7.88. The van der Waals surface area contributed by atoms with E-state index in [9.17, 15) is 8.42 Å². The second-order valence-corrected chi connectivity index (χ2v) is 7.22. The van der Waals surface area contributed by atoms with Crippen molar-refractivity contribution in [3.8, 4) is 0 Å². The van der Waals surface area contributed by atoms with E-state index in [0.717, 1.165) is 19.3 Å². The number of aromatic nitrogens is 1. The minimum atomic E-state index is -3.37. The maximum absolute atomic E-state index is 12.4. The minimum Gasteiger partial charge on any atom is -0.361 e. The van der Waals surface area contributed by atoms with E-state index < -0.39 is 10.0 Å². The maximum Gasteiger partial charge on any atom is 0.219 e. The second kappa shape index (κ2) is 5.60. The van der Waals surface area contributed by atoms with E-state index in [0.29, 0.717) is 18.0 Å². The number of nitrogens with two attached hydrogens (primary N) is 1. The second-order valence-electron chi connectivity index (χ2n) is 5.20. The Hall–Kier alpha value is -0.920. The molecular formula is C12H21N3O3S. The molecule has 0 aliphatic heterocycles. The van der Waals surface area contributed by atoms with Gasteiger partial charge in [-0.25, -0.2) is 12.7 Å².